The number of nitrogen functional groups attached to an aromatic ring is 1. The smallest absolute Gasteiger partial charge is 0.401 e. The third-order valence-corrected chi connectivity index (χ3v) is 2.20. The highest BCUT2D eigenvalue weighted by atomic mass is 19.4. The van der Waals surface area contributed by atoms with Gasteiger partial charge in [0.2, 0.25) is 0 Å². The third-order valence-electron chi connectivity index (χ3n) is 2.20. The molecule has 0 unspecified atom stereocenters. The maximum absolute atomic E-state index is 12.2. The average Bonchev–Trinajstić information content (AvgIpc) is 2.17. The van der Waals surface area contributed by atoms with Gasteiger partial charge in [0, 0.05) is 23.9 Å². The number of nitrogens with zero attached hydrogens (tertiary/aromatic N) is 1. The molecule has 0 atom stereocenters. The quantitative estimate of drug-likeness (QED) is 0.831. The van der Waals surface area contributed by atoms with E-state index in [1.807, 2.05) is 0 Å². The van der Waals surface area contributed by atoms with Crippen LogP contribution in [0.3, 0.4) is 0 Å². The number of halogens is 3. The Morgan fingerprint density at radius 3 is 2.53 bits per heavy atom. The van der Waals surface area contributed by atoms with Crippen LogP contribution in [0.1, 0.15) is 5.56 Å². The second-order valence-electron chi connectivity index (χ2n) is 3.86. The predicted molar refractivity (Wildman–Crippen MR) is 59.8 cm³/mol. The van der Waals surface area contributed by atoms with E-state index in [-0.39, 0.29) is 6.54 Å². The number of rotatable bonds is 4. The fourth-order valence-electron chi connectivity index (χ4n) is 1.54. The number of hydrogen-bond donors (Lipinski definition) is 1. The molecule has 0 aliphatic heterocycles. The Morgan fingerprint density at radius 2 is 2.00 bits per heavy atom. The van der Waals surface area contributed by atoms with Crippen molar-refractivity contribution in [2.75, 3.05) is 26.4 Å². The van der Waals surface area contributed by atoms with Crippen LogP contribution in [0.15, 0.2) is 18.2 Å². The molecule has 1 aromatic carbocycles. The molecule has 0 aromatic heterocycles. The topological polar surface area (TPSA) is 38.5 Å². The minimum absolute atomic E-state index is 0.156. The first-order chi connectivity index (χ1) is 7.81. The molecule has 17 heavy (non-hydrogen) atoms. The molecule has 96 valence electrons. The van der Waals surface area contributed by atoms with Crippen molar-refractivity contribution in [3.05, 3.63) is 23.8 Å². The minimum Gasteiger partial charge on any atom is -0.496 e. The molecule has 0 saturated heterocycles. The molecule has 0 bridgehead atoms. The van der Waals surface area contributed by atoms with Crippen molar-refractivity contribution in [1.82, 2.24) is 4.90 Å². The summed E-state index contributed by atoms with van der Waals surface area (Å²) in [5.74, 6) is 0.499. The number of nitrogens with two attached hydrogens (primary N) is 1. The first-order valence-corrected chi connectivity index (χ1v) is 4.99. The highest BCUT2D eigenvalue weighted by Gasteiger charge is 2.29. The molecule has 0 fully saturated rings. The zero-order valence-corrected chi connectivity index (χ0v) is 9.71. The third kappa shape index (κ3) is 4.52. The summed E-state index contributed by atoms with van der Waals surface area (Å²) in [7, 11) is 2.87. The fourth-order valence-corrected chi connectivity index (χ4v) is 1.54. The molecular weight excluding hydrogens is 233 g/mol. The Kier molecular flexibility index (Phi) is 4.22. The Balaban J connectivity index is 2.74. The van der Waals surface area contributed by atoms with Crippen molar-refractivity contribution in [1.29, 1.82) is 0 Å². The summed E-state index contributed by atoms with van der Waals surface area (Å²) in [4.78, 5) is 1.17. The largest absolute Gasteiger partial charge is 0.496 e. The van der Waals surface area contributed by atoms with Gasteiger partial charge in [-0.3, -0.25) is 4.90 Å². The lowest BCUT2D eigenvalue weighted by Gasteiger charge is -2.20. The van der Waals surface area contributed by atoms with Crippen LogP contribution in [0.25, 0.3) is 0 Å². The minimum atomic E-state index is -4.20. The summed E-state index contributed by atoms with van der Waals surface area (Å²) in [6, 6.07) is 4.90. The van der Waals surface area contributed by atoms with Gasteiger partial charge < -0.3 is 10.5 Å². The molecule has 6 heteroatoms. The monoisotopic (exact) mass is 248 g/mol. The van der Waals surface area contributed by atoms with Crippen molar-refractivity contribution >= 4 is 5.69 Å². The summed E-state index contributed by atoms with van der Waals surface area (Å²) in [5, 5.41) is 0. The lowest BCUT2D eigenvalue weighted by atomic mass is 10.1. The van der Waals surface area contributed by atoms with Crippen LogP contribution in [0, 0.1) is 0 Å². The molecule has 1 rings (SSSR count). The SMILES string of the molecule is COc1cc(N)ccc1CN(C)CC(F)(F)F. The molecule has 3 nitrogen and oxygen atoms in total. The normalized spacial score (nSPS) is 11.9. The second kappa shape index (κ2) is 5.27. The van der Waals surface area contributed by atoms with Crippen LogP contribution in [-0.2, 0) is 6.54 Å². The van der Waals surface area contributed by atoms with E-state index in [2.05, 4.69) is 0 Å². The fraction of sp³-hybridized carbons (Fsp3) is 0.455. The molecule has 2 N–H and O–H groups in total. The van der Waals surface area contributed by atoms with E-state index in [0.717, 1.165) is 0 Å². The predicted octanol–water partition coefficient (Wildman–Crippen LogP) is 2.27. The number of hydrogen-bond acceptors (Lipinski definition) is 3. The van der Waals surface area contributed by atoms with E-state index in [0.29, 0.717) is 17.0 Å². The Bertz CT molecular complexity index is 379. The second-order valence-corrected chi connectivity index (χ2v) is 3.86. The Hall–Kier alpha value is -1.43. The first-order valence-electron chi connectivity index (χ1n) is 4.99. The standard InChI is InChI=1S/C11H15F3N2O/c1-16(7-11(12,13)14)6-8-3-4-9(15)5-10(8)17-2/h3-5H,6-7,15H2,1-2H3. The van der Waals surface area contributed by atoms with Gasteiger partial charge in [-0.25, -0.2) is 0 Å². The molecule has 0 heterocycles. The van der Waals surface area contributed by atoms with Crippen LogP contribution in [0.5, 0.6) is 5.75 Å². The van der Waals surface area contributed by atoms with Crippen LogP contribution < -0.4 is 10.5 Å². The highest BCUT2D eigenvalue weighted by molar-refractivity contribution is 5.48. The number of anilines is 1. The van der Waals surface area contributed by atoms with Crippen LogP contribution >= 0.6 is 0 Å². The van der Waals surface area contributed by atoms with E-state index in [4.69, 9.17) is 10.5 Å². The van der Waals surface area contributed by atoms with Gasteiger partial charge in [0.25, 0.3) is 0 Å². The van der Waals surface area contributed by atoms with Crippen molar-refractivity contribution in [3.63, 3.8) is 0 Å². The van der Waals surface area contributed by atoms with Gasteiger partial charge >= 0.3 is 6.18 Å². The van der Waals surface area contributed by atoms with Crippen LogP contribution in [-0.4, -0.2) is 31.8 Å². The zero-order chi connectivity index (χ0) is 13.1. The molecule has 0 aliphatic rings. The summed E-state index contributed by atoms with van der Waals surface area (Å²) >= 11 is 0. The van der Waals surface area contributed by atoms with Gasteiger partial charge in [-0.1, -0.05) is 6.07 Å². The van der Waals surface area contributed by atoms with Gasteiger partial charge in [0.15, 0.2) is 0 Å². The Morgan fingerprint density at radius 1 is 1.35 bits per heavy atom. The highest BCUT2D eigenvalue weighted by Crippen LogP contribution is 2.24. The van der Waals surface area contributed by atoms with Crippen molar-refractivity contribution in [3.8, 4) is 5.75 Å². The summed E-state index contributed by atoms with van der Waals surface area (Å²) < 4.78 is 41.6. The van der Waals surface area contributed by atoms with E-state index in [9.17, 15) is 13.2 Å². The van der Waals surface area contributed by atoms with Crippen LogP contribution in [0.2, 0.25) is 0 Å². The van der Waals surface area contributed by atoms with Gasteiger partial charge in [0.1, 0.15) is 5.75 Å². The lowest BCUT2D eigenvalue weighted by Crippen LogP contribution is -2.30. The average molecular weight is 248 g/mol. The van der Waals surface area contributed by atoms with Crippen molar-refractivity contribution < 1.29 is 17.9 Å². The molecule has 0 amide bonds. The van der Waals surface area contributed by atoms with E-state index < -0.39 is 12.7 Å². The van der Waals surface area contributed by atoms with Gasteiger partial charge in [-0.15, -0.1) is 0 Å². The summed E-state index contributed by atoms with van der Waals surface area (Å²) in [5.41, 5.74) is 6.75. The molecule has 0 spiro atoms. The number of methoxy groups -OCH3 is 1. The maximum Gasteiger partial charge on any atom is 0.401 e. The van der Waals surface area contributed by atoms with E-state index >= 15 is 0 Å². The lowest BCUT2D eigenvalue weighted by molar-refractivity contribution is -0.144. The van der Waals surface area contributed by atoms with Crippen LogP contribution in [0.4, 0.5) is 18.9 Å². The number of alkyl halides is 3. The first kappa shape index (κ1) is 13.6. The number of benzene rings is 1. The molecule has 0 radical (unpaired) electrons. The Labute approximate surface area is 98.0 Å². The summed E-state index contributed by atoms with van der Waals surface area (Å²) in [6.07, 6.45) is -4.20. The van der Waals surface area contributed by atoms with E-state index in [1.54, 1.807) is 18.2 Å². The molecule has 0 saturated carbocycles. The maximum atomic E-state index is 12.2. The number of ether oxygens (including phenoxy) is 1. The van der Waals surface area contributed by atoms with Gasteiger partial charge in [-0.2, -0.15) is 13.2 Å². The van der Waals surface area contributed by atoms with Gasteiger partial charge in [-0.05, 0) is 13.1 Å². The summed E-state index contributed by atoms with van der Waals surface area (Å²) in [6.45, 7) is -0.802. The van der Waals surface area contributed by atoms with Crippen molar-refractivity contribution in [2.24, 2.45) is 0 Å². The molecule has 1 aromatic rings. The van der Waals surface area contributed by atoms with Gasteiger partial charge in [0.05, 0.1) is 13.7 Å². The molecular formula is C11H15F3N2O. The molecule has 0 aliphatic carbocycles. The zero-order valence-electron chi connectivity index (χ0n) is 9.71. The van der Waals surface area contributed by atoms with E-state index in [1.165, 1.54) is 19.1 Å². The van der Waals surface area contributed by atoms with Crippen molar-refractivity contribution in [2.45, 2.75) is 12.7 Å².